The van der Waals surface area contributed by atoms with E-state index in [0.29, 0.717) is 17.8 Å². The number of nitrogens with zero attached hydrogens (tertiary/aromatic N) is 4. The number of nitrogens with two attached hydrogens (primary N) is 1. The molecule has 0 aliphatic heterocycles. The van der Waals surface area contributed by atoms with E-state index in [0.717, 1.165) is 38.0 Å². The van der Waals surface area contributed by atoms with Crippen LogP contribution in [0.4, 0.5) is 5.82 Å². The Kier molecular flexibility index (Phi) is 4.11. The van der Waals surface area contributed by atoms with Crippen LogP contribution in [0.25, 0.3) is 0 Å². The lowest BCUT2D eigenvalue weighted by molar-refractivity contribution is 0.376. The normalized spacial score (nSPS) is 23.4. The standard InChI is InChI=1S/C13H19N5/c1-2-18(12-5-3-10(15)4-6-12)13-9-16-11(7-14)8-17-13/h8-10,12H,2-6,15H2,1H3. The molecule has 0 atom stereocenters. The Morgan fingerprint density at radius 3 is 2.56 bits per heavy atom. The largest absolute Gasteiger partial charge is 0.353 e. The molecule has 0 radical (unpaired) electrons. The van der Waals surface area contributed by atoms with Gasteiger partial charge in [0.1, 0.15) is 11.9 Å². The lowest BCUT2D eigenvalue weighted by Crippen LogP contribution is -2.41. The van der Waals surface area contributed by atoms with Gasteiger partial charge in [-0.2, -0.15) is 5.26 Å². The molecular formula is C13H19N5. The van der Waals surface area contributed by atoms with Crippen LogP contribution in [0.3, 0.4) is 0 Å². The van der Waals surface area contributed by atoms with Crippen molar-refractivity contribution < 1.29 is 0 Å². The minimum Gasteiger partial charge on any atom is -0.353 e. The van der Waals surface area contributed by atoms with E-state index in [1.54, 1.807) is 6.20 Å². The van der Waals surface area contributed by atoms with Gasteiger partial charge in [0.25, 0.3) is 0 Å². The molecule has 1 aromatic rings. The van der Waals surface area contributed by atoms with E-state index in [1.165, 1.54) is 6.20 Å². The first-order valence-corrected chi connectivity index (χ1v) is 6.49. The molecule has 1 fully saturated rings. The molecule has 96 valence electrons. The van der Waals surface area contributed by atoms with Gasteiger partial charge in [-0.1, -0.05) is 0 Å². The number of nitriles is 1. The molecule has 2 rings (SSSR count). The fourth-order valence-electron chi connectivity index (χ4n) is 2.55. The smallest absolute Gasteiger partial charge is 0.158 e. The van der Waals surface area contributed by atoms with Crippen LogP contribution in [0.1, 0.15) is 38.3 Å². The molecular weight excluding hydrogens is 226 g/mol. The molecule has 1 saturated carbocycles. The van der Waals surface area contributed by atoms with Gasteiger partial charge in [-0.15, -0.1) is 0 Å². The highest BCUT2D eigenvalue weighted by Crippen LogP contribution is 2.25. The molecule has 5 heteroatoms. The van der Waals surface area contributed by atoms with Crippen molar-refractivity contribution in [3.63, 3.8) is 0 Å². The maximum absolute atomic E-state index is 8.72. The van der Waals surface area contributed by atoms with E-state index in [9.17, 15) is 0 Å². The maximum Gasteiger partial charge on any atom is 0.158 e. The third-order valence-corrected chi connectivity index (χ3v) is 3.57. The quantitative estimate of drug-likeness (QED) is 0.871. The van der Waals surface area contributed by atoms with Gasteiger partial charge in [0.2, 0.25) is 0 Å². The summed E-state index contributed by atoms with van der Waals surface area (Å²) in [7, 11) is 0. The molecule has 2 N–H and O–H groups in total. The zero-order valence-corrected chi connectivity index (χ0v) is 10.7. The van der Waals surface area contributed by atoms with Crippen LogP contribution in [0.2, 0.25) is 0 Å². The number of anilines is 1. The molecule has 0 bridgehead atoms. The number of aromatic nitrogens is 2. The summed E-state index contributed by atoms with van der Waals surface area (Å²) >= 11 is 0. The lowest BCUT2D eigenvalue weighted by atomic mass is 9.91. The molecule has 1 aliphatic carbocycles. The fourth-order valence-corrected chi connectivity index (χ4v) is 2.55. The summed E-state index contributed by atoms with van der Waals surface area (Å²) in [6, 6.07) is 2.84. The Morgan fingerprint density at radius 1 is 1.33 bits per heavy atom. The zero-order valence-electron chi connectivity index (χ0n) is 10.7. The molecule has 1 aliphatic rings. The summed E-state index contributed by atoms with van der Waals surface area (Å²) in [5.41, 5.74) is 6.29. The van der Waals surface area contributed by atoms with Crippen molar-refractivity contribution in [3.8, 4) is 6.07 Å². The van der Waals surface area contributed by atoms with Crippen LogP contribution >= 0.6 is 0 Å². The van der Waals surface area contributed by atoms with Gasteiger partial charge >= 0.3 is 0 Å². The number of hydrogen-bond acceptors (Lipinski definition) is 5. The van der Waals surface area contributed by atoms with E-state index in [1.807, 2.05) is 6.07 Å². The minimum absolute atomic E-state index is 0.354. The molecule has 5 nitrogen and oxygen atoms in total. The van der Waals surface area contributed by atoms with Gasteiger partial charge in [0.05, 0.1) is 12.4 Å². The first-order valence-electron chi connectivity index (χ1n) is 6.49. The Labute approximate surface area is 108 Å². The van der Waals surface area contributed by atoms with Crippen molar-refractivity contribution >= 4 is 5.82 Å². The predicted octanol–water partition coefficient (Wildman–Crippen LogP) is 1.44. The summed E-state index contributed by atoms with van der Waals surface area (Å²) in [6.07, 6.45) is 7.59. The van der Waals surface area contributed by atoms with Crippen LogP contribution in [0.15, 0.2) is 12.4 Å². The highest BCUT2D eigenvalue weighted by molar-refractivity contribution is 5.38. The predicted molar refractivity (Wildman–Crippen MR) is 70.0 cm³/mol. The Bertz CT molecular complexity index is 414. The van der Waals surface area contributed by atoms with E-state index < -0.39 is 0 Å². The van der Waals surface area contributed by atoms with Gasteiger partial charge in [-0.05, 0) is 32.6 Å². The van der Waals surface area contributed by atoms with Crippen LogP contribution in [0.5, 0.6) is 0 Å². The van der Waals surface area contributed by atoms with Crippen molar-refractivity contribution in [1.29, 1.82) is 5.26 Å². The van der Waals surface area contributed by atoms with Crippen molar-refractivity contribution in [2.45, 2.75) is 44.7 Å². The molecule has 0 spiro atoms. The molecule has 0 amide bonds. The van der Waals surface area contributed by atoms with Gasteiger partial charge in [0, 0.05) is 18.6 Å². The number of rotatable bonds is 3. The van der Waals surface area contributed by atoms with E-state index in [4.69, 9.17) is 11.0 Å². The summed E-state index contributed by atoms with van der Waals surface area (Å²) < 4.78 is 0. The van der Waals surface area contributed by atoms with Crippen molar-refractivity contribution in [2.24, 2.45) is 5.73 Å². The van der Waals surface area contributed by atoms with Gasteiger partial charge < -0.3 is 10.6 Å². The Hall–Kier alpha value is -1.67. The third-order valence-electron chi connectivity index (χ3n) is 3.57. The SMILES string of the molecule is CCN(c1cnc(C#N)cn1)C1CCC(N)CC1. The second-order valence-corrected chi connectivity index (χ2v) is 4.73. The summed E-state index contributed by atoms with van der Waals surface area (Å²) in [6.45, 7) is 3.02. The van der Waals surface area contributed by atoms with Crippen LogP contribution < -0.4 is 10.6 Å². The summed E-state index contributed by atoms with van der Waals surface area (Å²) in [4.78, 5) is 10.7. The highest BCUT2D eigenvalue weighted by Gasteiger charge is 2.24. The third kappa shape index (κ3) is 2.77. The molecule has 0 saturated heterocycles. The molecule has 0 unspecified atom stereocenters. The van der Waals surface area contributed by atoms with E-state index >= 15 is 0 Å². The monoisotopic (exact) mass is 245 g/mol. The minimum atomic E-state index is 0.354. The summed E-state index contributed by atoms with van der Waals surface area (Å²) in [5.74, 6) is 0.858. The van der Waals surface area contributed by atoms with E-state index in [-0.39, 0.29) is 0 Å². The maximum atomic E-state index is 8.72. The first kappa shape index (κ1) is 12.8. The lowest BCUT2D eigenvalue weighted by Gasteiger charge is -2.36. The van der Waals surface area contributed by atoms with Crippen LogP contribution in [-0.2, 0) is 0 Å². The Morgan fingerprint density at radius 2 is 2.06 bits per heavy atom. The highest BCUT2D eigenvalue weighted by atomic mass is 15.2. The Balaban J connectivity index is 2.10. The topological polar surface area (TPSA) is 78.8 Å². The average molecular weight is 245 g/mol. The van der Waals surface area contributed by atoms with Crippen molar-refractivity contribution in [2.75, 3.05) is 11.4 Å². The molecule has 0 aromatic carbocycles. The van der Waals surface area contributed by atoms with Gasteiger partial charge in [-0.25, -0.2) is 9.97 Å². The second-order valence-electron chi connectivity index (χ2n) is 4.73. The fraction of sp³-hybridized carbons (Fsp3) is 0.615. The van der Waals surface area contributed by atoms with Crippen molar-refractivity contribution in [3.05, 3.63) is 18.1 Å². The number of hydrogen-bond donors (Lipinski definition) is 1. The summed E-state index contributed by atoms with van der Waals surface area (Å²) in [5, 5.41) is 8.72. The molecule has 1 heterocycles. The first-order chi connectivity index (χ1) is 8.74. The van der Waals surface area contributed by atoms with Crippen LogP contribution in [-0.4, -0.2) is 28.6 Å². The molecule has 18 heavy (non-hydrogen) atoms. The van der Waals surface area contributed by atoms with Crippen molar-refractivity contribution in [1.82, 2.24) is 9.97 Å². The average Bonchev–Trinajstić information content (AvgIpc) is 2.42. The second kappa shape index (κ2) is 5.78. The van der Waals surface area contributed by atoms with Crippen LogP contribution in [0, 0.1) is 11.3 Å². The zero-order chi connectivity index (χ0) is 13.0. The van der Waals surface area contributed by atoms with Gasteiger partial charge in [-0.3, -0.25) is 0 Å². The molecule has 1 aromatic heterocycles. The van der Waals surface area contributed by atoms with Gasteiger partial charge in [0.15, 0.2) is 5.69 Å². The van der Waals surface area contributed by atoms with E-state index in [2.05, 4.69) is 21.8 Å².